The molecule has 1 nitrogen and oxygen atoms in total. The molecule has 0 fully saturated rings. The lowest BCUT2D eigenvalue weighted by molar-refractivity contribution is 0.650. The van der Waals surface area contributed by atoms with Crippen LogP contribution in [0.1, 0.15) is 39.0 Å². The van der Waals surface area contributed by atoms with Gasteiger partial charge in [0.1, 0.15) is 0 Å². The van der Waals surface area contributed by atoms with Gasteiger partial charge >= 0.3 is 0 Å². The predicted molar refractivity (Wildman–Crippen MR) is 63.4 cm³/mol. The summed E-state index contributed by atoms with van der Waals surface area (Å²) >= 11 is 0. The Labute approximate surface area is 88.3 Å². The van der Waals surface area contributed by atoms with Crippen molar-refractivity contribution in [2.75, 3.05) is 13.6 Å². The Morgan fingerprint density at radius 2 is 2.29 bits per heavy atom. The van der Waals surface area contributed by atoms with Crippen molar-refractivity contribution in [1.82, 2.24) is 5.32 Å². The summed E-state index contributed by atoms with van der Waals surface area (Å²) in [6.07, 6.45) is 8.67. The van der Waals surface area contributed by atoms with Crippen LogP contribution in [-0.2, 0) is 0 Å². The van der Waals surface area contributed by atoms with E-state index in [0.717, 1.165) is 6.54 Å². The Hall–Kier alpha value is -0.560. The molecule has 0 saturated heterocycles. The number of hydrogen-bond donors (Lipinski definition) is 1. The van der Waals surface area contributed by atoms with Crippen LogP contribution in [0.5, 0.6) is 0 Å². The second-order valence-corrected chi connectivity index (χ2v) is 4.13. The van der Waals surface area contributed by atoms with E-state index in [1.165, 1.54) is 32.1 Å². The molecule has 1 aliphatic carbocycles. The van der Waals surface area contributed by atoms with Crippen LogP contribution in [0.3, 0.4) is 0 Å². The molecule has 1 atom stereocenters. The molecular formula is C13H23N. The van der Waals surface area contributed by atoms with Crippen molar-refractivity contribution in [3.05, 3.63) is 23.8 Å². The Kier molecular flexibility index (Phi) is 4.95. The molecule has 1 unspecified atom stereocenters. The first-order chi connectivity index (χ1) is 6.83. The Balaban J connectivity index is 2.69. The van der Waals surface area contributed by atoms with Gasteiger partial charge in [-0.15, -0.1) is 6.58 Å². The summed E-state index contributed by atoms with van der Waals surface area (Å²) in [5, 5.41) is 3.25. The monoisotopic (exact) mass is 193 g/mol. The molecule has 0 radical (unpaired) electrons. The third-order valence-electron chi connectivity index (χ3n) is 3.09. The average molecular weight is 193 g/mol. The summed E-state index contributed by atoms with van der Waals surface area (Å²) in [5.41, 5.74) is 3.39. The lowest BCUT2D eigenvalue weighted by Gasteiger charge is -2.16. The van der Waals surface area contributed by atoms with Crippen LogP contribution >= 0.6 is 0 Å². The molecule has 14 heavy (non-hydrogen) atoms. The van der Waals surface area contributed by atoms with Crippen LogP contribution in [-0.4, -0.2) is 13.6 Å². The van der Waals surface area contributed by atoms with E-state index in [4.69, 9.17) is 0 Å². The van der Waals surface area contributed by atoms with Crippen molar-refractivity contribution in [2.45, 2.75) is 39.0 Å². The Morgan fingerprint density at radius 3 is 2.86 bits per heavy atom. The third-order valence-corrected chi connectivity index (χ3v) is 3.09. The van der Waals surface area contributed by atoms with Crippen molar-refractivity contribution in [2.24, 2.45) is 5.92 Å². The summed E-state index contributed by atoms with van der Waals surface area (Å²) < 4.78 is 0. The zero-order chi connectivity index (χ0) is 10.4. The molecule has 0 amide bonds. The van der Waals surface area contributed by atoms with Crippen LogP contribution < -0.4 is 5.32 Å². The highest BCUT2D eigenvalue weighted by Crippen LogP contribution is 2.34. The SMILES string of the molecule is C=CC(CNC)C1=C(CCC)CCC1. The molecule has 1 N–H and O–H groups in total. The van der Waals surface area contributed by atoms with Gasteiger partial charge < -0.3 is 5.32 Å². The number of hydrogen-bond acceptors (Lipinski definition) is 1. The summed E-state index contributed by atoms with van der Waals surface area (Å²) in [4.78, 5) is 0. The van der Waals surface area contributed by atoms with Gasteiger partial charge in [0.15, 0.2) is 0 Å². The maximum atomic E-state index is 3.94. The van der Waals surface area contributed by atoms with Crippen LogP contribution in [0.2, 0.25) is 0 Å². The van der Waals surface area contributed by atoms with Crippen LogP contribution in [0.25, 0.3) is 0 Å². The van der Waals surface area contributed by atoms with Crippen LogP contribution in [0.4, 0.5) is 0 Å². The normalized spacial score (nSPS) is 18.7. The number of rotatable bonds is 6. The molecule has 0 aromatic carbocycles. The minimum Gasteiger partial charge on any atom is -0.319 e. The van der Waals surface area contributed by atoms with Gasteiger partial charge in [-0.2, -0.15) is 0 Å². The zero-order valence-electron chi connectivity index (χ0n) is 9.60. The average Bonchev–Trinajstić information content (AvgIpc) is 2.63. The minimum atomic E-state index is 0.573. The van der Waals surface area contributed by atoms with Gasteiger partial charge in [-0.3, -0.25) is 0 Å². The first-order valence-corrected chi connectivity index (χ1v) is 5.81. The summed E-state index contributed by atoms with van der Waals surface area (Å²) in [7, 11) is 2.02. The molecule has 0 aromatic rings. The highest BCUT2D eigenvalue weighted by Gasteiger charge is 2.19. The molecule has 80 valence electrons. The lowest BCUT2D eigenvalue weighted by Crippen LogP contribution is -2.18. The van der Waals surface area contributed by atoms with Gasteiger partial charge in [0.05, 0.1) is 0 Å². The van der Waals surface area contributed by atoms with E-state index in [0.29, 0.717) is 5.92 Å². The van der Waals surface area contributed by atoms with Gasteiger partial charge in [0.25, 0.3) is 0 Å². The van der Waals surface area contributed by atoms with Gasteiger partial charge in [-0.25, -0.2) is 0 Å². The van der Waals surface area contributed by atoms with E-state index >= 15 is 0 Å². The first-order valence-electron chi connectivity index (χ1n) is 5.81. The minimum absolute atomic E-state index is 0.573. The fraction of sp³-hybridized carbons (Fsp3) is 0.692. The van der Waals surface area contributed by atoms with Gasteiger partial charge in [-0.05, 0) is 32.7 Å². The maximum Gasteiger partial charge on any atom is 0.0102 e. The largest absolute Gasteiger partial charge is 0.319 e. The quantitative estimate of drug-likeness (QED) is 0.638. The van der Waals surface area contributed by atoms with E-state index in [2.05, 4.69) is 24.9 Å². The molecule has 0 bridgehead atoms. The Bertz CT molecular complexity index is 215. The van der Waals surface area contributed by atoms with Gasteiger partial charge in [-0.1, -0.05) is 30.6 Å². The Morgan fingerprint density at radius 1 is 1.50 bits per heavy atom. The number of nitrogens with one attached hydrogen (secondary N) is 1. The smallest absolute Gasteiger partial charge is 0.0102 e. The van der Waals surface area contributed by atoms with E-state index in [1.807, 2.05) is 7.05 Å². The molecule has 1 aliphatic rings. The zero-order valence-corrected chi connectivity index (χ0v) is 9.60. The summed E-state index contributed by atoms with van der Waals surface area (Å²) in [5.74, 6) is 0.573. The van der Waals surface area contributed by atoms with Crippen molar-refractivity contribution in [3.63, 3.8) is 0 Å². The molecule has 0 aromatic heterocycles. The van der Waals surface area contributed by atoms with E-state index in [9.17, 15) is 0 Å². The topological polar surface area (TPSA) is 12.0 Å². The fourth-order valence-electron chi connectivity index (χ4n) is 2.43. The molecular weight excluding hydrogens is 170 g/mol. The van der Waals surface area contributed by atoms with Gasteiger partial charge in [0.2, 0.25) is 0 Å². The van der Waals surface area contributed by atoms with Crippen LogP contribution in [0, 0.1) is 5.92 Å². The predicted octanol–water partition coefficient (Wildman–Crippen LogP) is 3.29. The second-order valence-electron chi connectivity index (χ2n) is 4.13. The fourth-order valence-corrected chi connectivity index (χ4v) is 2.43. The molecule has 0 spiro atoms. The van der Waals surface area contributed by atoms with Crippen molar-refractivity contribution < 1.29 is 0 Å². The highest BCUT2D eigenvalue weighted by molar-refractivity contribution is 5.25. The standard InChI is InChI=1S/C13H23N/c1-4-7-12-8-6-9-13(12)11(5-2)10-14-3/h5,11,14H,2,4,6-10H2,1,3H3. The maximum absolute atomic E-state index is 3.94. The summed E-state index contributed by atoms with van der Waals surface area (Å²) in [6, 6.07) is 0. The molecule has 0 saturated carbocycles. The van der Waals surface area contributed by atoms with E-state index in [1.54, 1.807) is 11.1 Å². The second kappa shape index (κ2) is 6.02. The molecule has 1 heteroatoms. The van der Waals surface area contributed by atoms with Gasteiger partial charge in [0, 0.05) is 12.5 Å². The molecule has 1 rings (SSSR count). The molecule has 0 aliphatic heterocycles. The van der Waals surface area contributed by atoms with Crippen LogP contribution in [0.15, 0.2) is 23.8 Å². The summed E-state index contributed by atoms with van der Waals surface area (Å²) in [6.45, 7) is 7.26. The van der Waals surface area contributed by atoms with E-state index < -0.39 is 0 Å². The third kappa shape index (κ3) is 2.71. The molecule has 0 heterocycles. The van der Waals surface area contributed by atoms with Crippen molar-refractivity contribution >= 4 is 0 Å². The highest BCUT2D eigenvalue weighted by atomic mass is 14.8. The van der Waals surface area contributed by atoms with Crippen molar-refractivity contribution in [3.8, 4) is 0 Å². The number of allylic oxidation sites excluding steroid dienone is 1. The van der Waals surface area contributed by atoms with E-state index in [-0.39, 0.29) is 0 Å². The first kappa shape index (κ1) is 11.5. The van der Waals surface area contributed by atoms with Crippen molar-refractivity contribution in [1.29, 1.82) is 0 Å². The lowest BCUT2D eigenvalue weighted by atomic mass is 9.94.